The zero-order valence-corrected chi connectivity index (χ0v) is 21.4. The minimum atomic E-state index is -0.522. The molecule has 5 aromatic rings. The number of rotatable bonds is 4. The van der Waals surface area contributed by atoms with Crippen molar-refractivity contribution < 1.29 is 18.7 Å². The third-order valence-corrected chi connectivity index (χ3v) is 8.36. The second-order valence-corrected chi connectivity index (χ2v) is 10.6. The Morgan fingerprint density at radius 3 is 2.78 bits per heavy atom. The van der Waals surface area contributed by atoms with Gasteiger partial charge in [-0.25, -0.2) is 9.78 Å². The van der Waals surface area contributed by atoms with Crippen LogP contribution in [-0.4, -0.2) is 35.0 Å². The molecule has 0 bridgehead atoms. The Morgan fingerprint density at radius 1 is 1.14 bits per heavy atom. The van der Waals surface area contributed by atoms with Gasteiger partial charge in [0.2, 0.25) is 0 Å². The highest BCUT2D eigenvalue weighted by molar-refractivity contribution is 7.23. The Bertz CT molecular complexity index is 1700. The highest BCUT2D eigenvalue weighted by atomic mass is 32.1. The molecule has 2 aromatic carbocycles. The molecular weight excluding hydrogens is 510 g/mol. The van der Waals surface area contributed by atoms with Crippen molar-refractivity contribution in [1.29, 1.82) is 0 Å². The lowest BCUT2D eigenvalue weighted by Crippen LogP contribution is -2.35. The van der Waals surface area contributed by atoms with Crippen LogP contribution in [-0.2, 0) is 17.7 Å². The molecule has 0 spiro atoms. The SMILES string of the molecule is CCOC(=O)N1CCc2c(sc(NC(=O)c3cc(=O)c4ccccc4o3)c2-c2nc3ccccc3s2)C1. The minimum absolute atomic E-state index is 0.0709. The number of benzene rings is 2. The Morgan fingerprint density at radius 2 is 1.95 bits per heavy atom. The summed E-state index contributed by atoms with van der Waals surface area (Å²) in [4.78, 5) is 45.7. The van der Waals surface area contributed by atoms with Gasteiger partial charge in [0.15, 0.2) is 11.2 Å². The van der Waals surface area contributed by atoms with Crippen LogP contribution in [0.1, 0.15) is 27.9 Å². The van der Waals surface area contributed by atoms with Crippen LogP contribution >= 0.6 is 22.7 Å². The van der Waals surface area contributed by atoms with Gasteiger partial charge in [0.05, 0.1) is 28.8 Å². The lowest BCUT2D eigenvalue weighted by Gasteiger charge is -2.26. The molecule has 0 aliphatic carbocycles. The molecule has 0 saturated carbocycles. The normalized spacial score (nSPS) is 13.1. The number of nitrogens with one attached hydrogen (secondary N) is 1. The second kappa shape index (κ2) is 9.45. The predicted octanol–water partition coefficient (Wildman–Crippen LogP) is 5.90. The molecule has 0 saturated heterocycles. The van der Waals surface area contributed by atoms with E-state index < -0.39 is 5.91 Å². The largest absolute Gasteiger partial charge is 0.451 e. The summed E-state index contributed by atoms with van der Waals surface area (Å²) in [6, 6.07) is 15.9. The summed E-state index contributed by atoms with van der Waals surface area (Å²) >= 11 is 2.95. The topological polar surface area (TPSA) is 102 Å². The molecule has 0 fully saturated rings. The standard InChI is InChI=1S/C27H21N3O5S2/c1-2-34-27(33)30-12-11-16-22(14-30)37-26(23(16)25-28-17-8-4-6-10-21(17)36-25)29-24(32)20-13-18(31)15-7-3-5-9-19(15)35-20/h3-10,13H,2,11-12,14H2,1H3,(H,29,32). The summed E-state index contributed by atoms with van der Waals surface area (Å²) in [6.07, 6.45) is 0.253. The van der Waals surface area contributed by atoms with E-state index in [1.807, 2.05) is 24.3 Å². The first-order valence-corrected chi connectivity index (χ1v) is 13.4. The number of carbonyl (C=O) groups excluding carboxylic acids is 2. The lowest BCUT2D eigenvalue weighted by atomic mass is 10.0. The first-order chi connectivity index (χ1) is 18.0. The van der Waals surface area contributed by atoms with Crippen molar-refractivity contribution in [2.75, 3.05) is 18.5 Å². The highest BCUT2D eigenvalue weighted by Gasteiger charge is 2.30. The van der Waals surface area contributed by atoms with Gasteiger partial charge in [-0.1, -0.05) is 24.3 Å². The van der Waals surface area contributed by atoms with Crippen molar-refractivity contribution in [3.05, 3.63) is 81.0 Å². The summed E-state index contributed by atoms with van der Waals surface area (Å²) in [5.74, 6) is -0.593. The monoisotopic (exact) mass is 531 g/mol. The fourth-order valence-electron chi connectivity index (χ4n) is 4.45. The van der Waals surface area contributed by atoms with Crippen LogP contribution in [0.3, 0.4) is 0 Å². The predicted molar refractivity (Wildman–Crippen MR) is 145 cm³/mol. The van der Waals surface area contributed by atoms with Gasteiger partial charge in [-0.3, -0.25) is 9.59 Å². The molecule has 1 aliphatic rings. The Hall–Kier alpha value is -4.02. The highest BCUT2D eigenvalue weighted by Crippen LogP contribution is 2.46. The maximum absolute atomic E-state index is 13.3. The molecule has 0 atom stereocenters. The van der Waals surface area contributed by atoms with Crippen LogP contribution in [0, 0.1) is 0 Å². The smallest absolute Gasteiger partial charge is 0.410 e. The quantitative estimate of drug-likeness (QED) is 0.310. The van der Waals surface area contributed by atoms with Gasteiger partial charge < -0.3 is 19.4 Å². The first kappa shape index (κ1) is 23.4. The van der Waals surface area contributed by atoms with Crippen LogP contribution in [0.2, 0.25) is 0 Å². The van der Waals surface area contributed by atoms with E-state index in [0.717, 1.165) is 31.2 Å². The molecule has 186 valence electrons. The van der Waals surface area contributed by atoms with E-state index in [4.69, 9.17) is 14.1 Å². The average molecular weight is 532 g/mol. The molecule has 2 amide bonds. The zero-order chi connectivity index (χ0) is 25.5. The number of amides is 2. The van der Waals surface area contributed by atoms with E-state index in [9.17, 15) is 14.4 Å². The first-order valence-electron chi connectivity index (χ1n) is 11.8. The van der Waals surface area contributed by atoms with Crippen LogP contribution in [0.25, 0.3) is 31.8 Å². The number of thiazole rings is 1. The number of ether oxygens (including phenoxy) is 1. The number of aromatic nitrogens is 1. The minimum Gasteiger partial charge on any atom is -0.451 e. The number of para-hydroxylation sites is 2. The summed E-state index contributed by atoms with van der Waals surface area (Å²) in [5.41, 5.74) is 2.85. The van der Waals surface area contributed by atoms with E-state index in [1.54, 1.807) is 47.4 Å². The van der Waals surface area contributed by atoms with E-state index in [0.29, 0.717) is 42.1 Å². The molecule has 1 aliphatic heterocycles. The number of nitrogens with zero attached hydrogens (tertiary/aromatic N) is 2. The van der Waals surface area contributed by atoms with Crippen LogP contribution in [0.4, 0.5) is 9.80 Å². The Kier molecular flexibility index (Phi) is 5.97. The number of thiophene rings is 1. The van der Waals surface area contributed by atoms with Gasteiger partial charge in [-0.15, -0.1) is 22.7 Å². The third kappa shape index (κ3) is 4.28. The van der Waals surface area contributed by atoms with E-state index in [2.05, 4.69) is 5.32 Å². The molecule has 8 nitrogen and oxygen atoms in total. The van der Waals surface area contributed by atoms with Crippen molar-refractivity contribution in [1.82, 2.24) is 9.88 Å². The molecular formula is C27H21N3O5S2. The van der Waals surface area contributed by atoms with E-state index in [-0.39, 0.29) is 17.3 Å². The van der Waals surface area contributed by atoms with Gasteiger partial charge in [-0.05, 0) is 43.2 Å². The molecule has 10 heteroatoms. The fraction of sp³-hybridized carbons (Fsp3) is 0.185. The van der Waals surface area contributed by atoms with Crippen LogP contribution in [0.5, 0.6) is 0 Å². The summed E-state index contributed by atoms with van der Waals surface area (Å²) in [7, 11) is 0. The van der Waals surface area contributed by atoms with Crippen molar-refractivity contribution in [3.8, 4) is 10.6 Å². The van der Waals surface area contributed by atoms with Gasteiger partial charge in [0.25, 0.3) is 5.91 Å². The van der Waals surface area contributed by atoms with Crippen molar-refractivity contribution in [2.24, 2.45) is 0 Å². The number of hydrogen-bond acceptors (Lipinski definition) is 8. The molecule has 37 heavy (non-hydrogen) atoms. The van der Waals surface area contributed by atoms with Gasteiger partial charge in [0.1, 0.15) is 15.6 Å². The summed E-state index contributed by atoms with van der Waals surface area (Å²) < 4.78 is 12.0. The van der Waals surface area contributed by atoms with Gasteiger partial charge in [0, 0.05) is 23.1 Å². The summed E-state index contributed by atoms with van der Waals surface area (Å²) in [6.45, 7) is 2.98. The number of carbonyl (C=O) groups is 2. The van der Waals surface area contributed by atoms with Crippen LogP contribution < -0.4 is 10.7 Å². The molecule has 0 unspecified atom stereocenters. The lowest BCUT2D eigenvalue weighted by molar-refractivity contribution is 0.0996. The Balaban J connectivity index is 1.41. The van der Waals surface area contributed by atoms with Crippen molar-refractivity contribution >= 4 is 60.9 Å². The van der Waals surface area contributed by atoms with E-state index in [1.165, 1.54) is 17.4 Å². The van der Waals surface area contributed by atoms with E-state index >= 15 is 0 Å². The third-order valence-electron chi connectivity index (χ3n) is 6.18. The maximum Gasteiger partial charge on any atom is 0.410 e. The maximum atomic E-state index is 13.3. The molecule has 3 aromatic heterocycles. The van der Waals surface area contributed by atoms with Crippen LogP contribution in [0.15, 0.2) is 63.8 Å². The average Bonchev–Trinajstić information content (AvgIpc) is 3.48. The molecule has 6 rings (SSSR count). The van der Waals surface area contributed by atoms with Crippen molar-refractivity contribution in [3.63, 3.8) is 0 Å². The number of anilines is 1. The Labute approximate surface area is 219 Å². The summed E-state index contributed by atoms with van der Waals surface area (Å²) in [5, 5.41) is 4.78. The zero-order valence-electron chi connectivity index (χ0n) is 19.8. The number of hydrogen-bond donors (Lipinski definition) is 1. The van der Waals surface area contributed by atoms with Crippen molar-refractivity contribution in [2.45, 2.75) is 19.9 Å². The second-order valence-electron chi connectivity index (χ2n) is 8.49. The number of fused-ring (bicyclic) bond motifs is 3. The molecule has 4 heterocycles. The van der Waals surface area contributed by atoms with Gasteiger partial charge >= 0.3 is 6.09 Å². The molecule has 1 N–H and O–H groups in total. The molecule has 0 radical (unpaired) electrons. The fourth-order valence-corrected chi connectivity index (χ4v) is 6.82. The van der Waals surface area contributed by atoms with Gasteiger partial charge in [-0.2, -0.15) is 0 Å².